The molecule has 1 unspecified atom stereocenters. The number of hydrogen-bond donors (Lipinski definition) is 0. The second-order valence-corrected chi connectivity index (χ2v) is 8.56. The summed E-state index contributed by atoms with van der Waals surface area (Å²) in [4.78, 5) is 21.5. The molecule has 9 nitrogen and oxygen atoms in total. The Morgan fingerprint density at radius 1 is 1.00 bits per heavy atom. The number of anilines is 1. The SMILES string of the molecule is CCn1c(-c2ccncc2)nc2c(N3CCOCC3C)nc(-c3ccn(-c4ccccc4)n3)nc21. The number of rotatable bonds is 5. The summed E-state index contributed by atoms with van der Waals surface area (Å²) >= 11 is 0. The Morgan fingerprint density at radius 2 is 1.83 bits per heavy atom. The molecule has 5 aromatic rings. The third kappa shape index (κ3) is 3.83. The molecule has 1 saturated heterocycles. The van der Waals surface area contributed by atoms with E-state index < -0.39 is 0 Å². The lowest BCUT2D eigenvalue weighted by Gasteiger charge is -2.34. The fourth-order valence-electron chi connectivity index (χ4n) is 4.53. The summed E-state index contributed by atoms with van der Waals surface area (Å²) in [6, 6.07) is 16.1. The first-order valence-electron chi connectivity index (χ1n) is 11.9. The largest absolute Gasteiger partial charge is 0.377 e. The predicted molar refractivity (Wildman–Crippen MR) is 134 cm³/mol. The standard InChI is InChI=1S/C26H26N8O/c1-3-32-24(19-9-12-27-13-10-19)28-22-25(32)29-23(30-26(22)33-15-16-35-17-18(33)2)21-11-14-34(31-21)20-7-5-4-6-8-20/h4-14,18H,3,15-17H2,1-2H3. The summed E-state index contributed by atoms with van der Waals surface area (Å²) < 4.78 is 9.68. The Balaban J connectivity index is 1.55. The van der Waals surface area contributed by atoms with Crippen LogP contribution in [0.4, 0.5) is 5.82 Å². The fraction of sp³-hybridized carbons (Fsp3) is 0.269. The molecule has 35 heavy (non-hydrogen) atoms. The van der Waals surface area contributed by atoms with Crippen molar-refractivity contribution in [1.29, 1.82) is 0 Å². The van der Waals surface area contributed by atoms with Gasteiger partial charge in [0, 0.05) is 37.2 Å². The highest BCUT2D eigenvalue weighted by Crippen LogP contribution is 2.32. The van der Waals surface area contributed by atoms with Crippen molar-refractivity contribution in [3.8, 4) is 28.6 Å². The number of pyridine rings is 1. The van der Waals surface area contributed by atoms with Crippen molar-refractivity contribution in [3.63, 3.8) is 0 Å². The molecule has 1 atom stereocenters. The average Bonchev–Trinajstić information content (AvgIpc) is 3.55. The van der Waals surface area contributed by atoms with Gasteiger partial charge in [-0.3, -0.25) is 4.98 Å². The molecule has 0 saturated carbocycles. The molecule has 0 bridgehead atoms. The molecule has 0 spiro atoms. The molecule has 0 amide bonds. The maximum Gasteiger partial charge on any atom is 0.184 e. The van der Waals surface area contributed by atoms with Gasteiger partial charge in [-0.25, -0.2) is 19.6 Å². The van der Waals surface area contributed by atoms with Gasteiger partial charge in [-0.15, -0.1) is 0 Å². The minimum absolute atomic E-state index is 0.174. The summed E-state index contributed by atoms with van der Waals surface area (Å²) in [5, 5.41) is 4.79. The van der Waals surface area contributed by atoms with Crippen molar-refractivity contribution in [2.75, 3.05) is 24.7 Å². The number of fused-ring (bicyclic) bond motifs is 1. The van der Waals surface area contributed by atoms with E-state index in [1.807, 2.05) is 59.4 Å². The zero-order valence-electron chi connectivity index (χ0n) is 19.7. The van der Waals surface area contributed by atoms with Gasteiger partial charge in [0.1, 0.15) is 11.5 Å². The Hall–Kier alpha value is -4.11. The molecule has 1 fully saturated rings. The van der Waals surface area contributed by atoms with Crippen molar-refractivity contribution in [3.05, 3.63) is 67.1 Å². The summed E-state index contributed by atoms with van der Waals surface area (Å²) in [6.45, 7) is 7.02. The van der Waals surface area contributed by atoms with Crippen LogP contribution in [0.15, 0.2) is 67.1 Å². The van der Waals surface area contributed by atoms with Crippen LogP contribution in [0.25, 0.3) is 39.8 Å². The number of imidazole rings is 1. The first-order chi connectivity index (χ1) is 17.2. The van der Waals surface area contributed by atoms with Gasteiger partial charge < -0.3 is 14.2 Å². The maximum absolute atomic E-state index is 5.70. The van der Waals surface area contributed by atoms with Gasteiger partial charge in [-0.2, -0.15) is 5.10 Å². The van der Waals surface area contributed by atoms with E-state index in [0.29, 0.717) is 24.7 Å². The van der Waals surface area contributed by atoms with Crippen molar-refractivity contribution in [1.82, 2.24) is 34.3 Å². The molecule has 1 aromatic carbocycles. The van der Waals surface area contributed by atoms with Crippen LogP contribution in [0.1, 0.15) is 13.8 Å². The van der Waals surface area contributed by atoms with E-state index in [2.05, 4.69) is 28.3 Å². The lowest BCUT2D eigenvalue weighted by Crippen LogP contribution is -2.44. The number of benzene rings is 1. The monoisotopic (exact) mass is 466 g/mol. The van der Waals surface area contributed by atoms with Gasteiger partial charge in [0.15, 0.2) is 22.8 Å². The zero-order valence-corrected chi connectivity index (χ0v) is 19.7. The molecule has 0 radical (unpaired) electrons. The average molecular weight is 467 g/mol. The molecule has 0 N–H and O–H groups in total. The van der Waals surface area contributed by atoms with Gasteiger partial charge in [0.25, 0.3) is 0 Å². The van der Waals surface area contributed by atoms with E-state index in [1.54, 1.807) is 12.4 Å². The minimum Gasteiger partial charge on any atom is -0.377 e. The summed E-state index contributed by atoms with van der Waals surface area (Å²) in [5.41, 5.74) is 4.29. The van der Waals surface area contributed by atoms with Crippen LogP contribution in [0.2, 0.25) is 0 Å². The lowest BCUT2D eigenvalue weighted by atomic mass is 10.2. The van der Waals surface area contributed by atoms with E-state index in [-0.39, 0.29) is 6.04 Å². The minimum atomic E-state index is 0.174. The molecule has 1 aliphatic rings. The fourth-order valence-corrected chi connectivity index (χ4v) is 4.53. The van der Waals surface area contributed by atoms with Crippen LogP contribution >= 0.6 is 0 Å². The quantitative estimate of drug-likeness (QED) is 0.387. The van der Waals surface area contributed by atoms with Gasteiger partial charge in [-0.1, -0.05) is 18.2 Å². The van der Waals surface area contributed by atoms with Gasteiger partial charge in [0.05, 0.1) is 24.9 Å². The van der Waals surface area contributed by atoms with E-state index in [4.69, 9.17) is 24.8 Å². The first-order valence-corrected chi connectivity index (χ1v) is 11.9. The van der Waals surface area contributed by atoms with Crippen LogP contribution in [0.3, 0.4) is 0 Å². The Bertz CT molecular complexity index is 1460. The molecule has 4 aromatic heterocycles. The number of aromatic nitrogens is 7. The smallest absolute Gasteiger partial charge is 0.184 e. The molecule has 0 aliphatic carbocycles. The highest BCUT2D eigenvalue weighted by molar-refractivity contribution is 5.89. The van der Waals surface area contributed by atoms with Crippen LogP contribution < -0.4 is 4.90 Å². The van der Waals surface area contributed by atoms with Crippen molar-refractivity contribution < 1.29 is 4.74 Å². The number of nitrogens with zero attached hydrogens (tertiary/aromatic N) is 8. The highest BCUT2D eigenvalue weighted by atomic mass is 16.5. The van der Waals surface area contributed by atoms with Crippen molar-refractivity contribution in [2.24, 2.45) is 0 Å². The summed E-state index contributed by atoms with van der Waals surface area (Å²) in [5.74, 6) is 2.25. The highest BCUT2D eigenvalue weighted by Gasteiger charge is 2.27. The van der Waals surface area contributed by atoms with E-state index in [1.165, 1.54) is 0 Å². The zero-order chi connectivity index (χ0) is 23.8. The molecule has 6 rings (SSSR count). The Kier molecular flexibility index (Phi) is 5.46. The number of para-hydroxylation sites is 1. The Labute approximate surface area is 203 Å². The molecular weight excluding hydrogens is 440 g/mol. The van der Waals surface area contributed by atoms with Gasteiger partial charge in [-0.05, 0) is 44.2 Å². The molecule has 1 aliphatic heterocycles. The Morgan fingerprint density at radius 3 is 2.60 bits per heavy atom. The van der Waals surface area contributed by atoms with Crippen molar-refractivity contribution >= 4 is 17.0 Å². The predicted octanol–water partition coefficient (Wildman–Crippen LogP) is 3.99. The number of aryl methyl sites for hydroxylation is 1. The topological polar surface area (TPSA) is 86.8 Å². The number of ether oxygens (including phenoxy) is 1. The molecule has 9 heteroatoms. The third-order valence-electron chi connectivity index (χ3n) is 6.31. The second kappa shape index (κ2) is 8.92. The molecular formula is C26H26N8O. The maximum atomic E-state index is 5.70. The van der Waals surface area contributed by atoms with E-state index >= 15 is 0 Å². The van der Waals surface area contributed by atoms with Crippen LogP contribution in [0.5, 0.6) is 0 Å². The van der Waals surface area contributed by atoms with Crippen molar-refractivity contribution in [2.45, 2.75) is 26.4 Å². The molecule has 5 heterocycles. The number of morpholine rings is 1. The van der Waals surface area contributed by atoms with Gasteiger partial charge in [0.2, 0.25) is 0 Å². The number of hydrogen-bond acceptors (Lipinski definition) is 7. The third-order valence-corrected chi connectivity index (χ3v) is 6.31. The molecule has 176 valence electrons. The van der Waals surface area contributed by atoms with E-state index in [9.17, 15) is 0 Å². The van der Waals surface area contributed by atoms with Gasteiger partial charge >= 0.3 is 0 Å². The van der Waals surface area contributed by atoms with Crippen LogP contribution in [0, 0.1) is 0 Å². The summed E-state index contributed by atoms with van der Waals surface area (Å²) in [6.07, 6.45) is 5.51. The van der Waals surface area contributed by atoms with E-state index in [0.717, 1.165) is 47.1 Å². The van der Waals surface area contributed by atoms with Crippen LogP contribution in [-0.4, -0.2) is 60.1 Å². The lowest BCUT2D eigenvalue weighted by molar-refractivity contribution is 0.0987. The summed E-state index contributed by atoms with van der Waals surface area (Å²) in [7, 11) is 0. The first kappa shape index (κ1) is 21.4. The second-order valence-electron chi connectivity index (χ2n) is 8.56. The normalized spacial score (nSPS) is 16.2. The van der Waals surface area contributed by atoms with Crippen LogP contribution in [-0.2, 0) is 11.3 Å².